The molecule has 156 valence electrons. The van der Waals surface area contributed by atoms with Crippen LogP contribution in [-0.4, -0.2) is 30.6 Å². The molecule has 0 radical (unpaired) electrons. The van der Waals surface area contributed by atoms with E-state index in [2.05, 4.69) is 0 Å². The highest BCUT2D eigenvalue weighted by Crippen LogP contribution is 2.52. The van der Waals surface area contributed by atoms with Gasteiger partial charge in [-0.3, -0.25) is 9.59 Å². The van der Waals surface area contributed by atoms with E-state index in [9.17, 15) is 40.2 Å². The van der Waals surface area contributed by atoms with Crippen LogP contribution in [0.2, 0.25) is 0 Å². The Bertz CT molecular complexity index is 1920. The van der Waals surface area contributed by atoms with Crippen molar-refractivity contribution in [3.63, 3.8) is 0 Å². The van der Waals surface area contributed by atoms with Crippen molar-refractivity contribution in [1.82, 2.24) is 0 Å². The van der Waals surface area contributed by atoms with E-state index in [4.69, 9.17) is 0 Å². The molecule has 0 aliphatic rings. The minimum absolute atomic E-state index is 0.0386. The van der Waals surface area contributed by atoms with Crippen molar-refractivity contribution >= 4 is 53.9 Å². The maximum atomic E-state index is 12.7. The summed E-state index contributed by atoms with van der Waals surface area (Å²) in [5, 5.41) is 64.6. The summed E-state index contributed by atoms with van der Waals surface area (Å²) in [5.74, 6) is -3.13. The first-order chi connectivity index (χ1) is 15.2. The number of fused-ring (bicyclic) bond motifs is 6. The van der Waals surface area contributed by atoms with E-state index in [1.807, 2.05) is 0 Å². The third-order valence-corrected chi connectivity index (χ3v) is 6.13. The Morgan fingerprint density at radius 2 is 0.781 bits per heavy atom. The van der Waals surface area contributed by atoms with Crippen molar-refractivity contribution < 1.29 is 30.6 Å². The van der Waals surface area contributed by atoms with Gasteiger partial charge in [0.25, 0.3) is 0 Å². The SMILES string of the molecule is O=c1cc2c(cc1O)c1cc(O)c(O)c3c4cc(O)c(O)cc4c4cc(=O)c(O)c2c4c13. The summed E-state index contributed by atoms with van der Waals surface area (Å²) in [4.78, 5) is 24.9. The van der Waals surface area contributed by atoms with Crippen molar-refractivity contribution in [3.8, 4) is 34.5 Å². The highest BCUT2D eigenvalue weighted by molar-refractivity contribution is 6.42. The molecule has 0 atom stereocenters. The molecule has 0 saturated carbocycles. The van der Waals surface area contributed by atoms with Crippen LogP contribution in [0.1, 0.15) is 0 Å². The van der Waals surface area contributed by atoms with Gasteiger partial charge >= 0.3 is 0 Å². The maximum absolute atomic E-state index is 12.7. The average molecular weight is 428 g/mol. The minimum Gasteiger partial charge on any atom is -0.504 e. The fourth-order valence-electron chi connectivity index (χ4n) is 4.78. The van der Waals surface area contributed by atoms with Gasteiger partial charge in [0.2, 0.25) is 10.9 Å². The van der Waals surface area contributed by atoms with Gasteiger partial charge in [-0.1, -0.05) is 0 Å². The summed E-state index contributed by atoms with van der Waals surface area (Å²) >= 11 is 0. The van der Waals surface area contributed by atoms with Gasteiger partial charge in [0.05, 0.1) is 0 Å². The van der Waals surface area contributed by atoms with Gasteiger partial charge in [0.15, 0.2) is 34.5 Å². The molecule has 6 rings (SSSR count). The molecule has 6 aromatic carbocycles. The predicted octanol–water partition coefficient (Wildman–Crippen LogP) is 3.28. The molecular formula is C24H12O8. The number of hydrogen-bond acceptors (Lipinski definition) is 8. The Kier molecular flexibility index (Phi) is 3.11. The molecule has 0 spiro atoms. The van der Waals surface area contributed by atoms with Crippen LogP contribution in [0.25, 0.3) is 53.9 Å². The molecule has 0 aliphatic carbocycles. The molecule has 8 heteroatoms. The number of hydrogen-bond donors (Lipinski definition) is 6. The van der Waals surface area contributed by atoms with E-state index in [1.54, 1.807) is 0 Å². The fourth-order valence-corrected chi connectivity index (χ4v) is 4.78. The lowest BCUT2D eigenvalue weighted by Gasteiger charge is -2.19. The number of phenolic OH excluding ortho intramolecular Hbond substituents is 6. The molecule has 0 amide bonds. The van der Waals surface area contributed by atoms with Gasteiger partial charge in [0.1, 0.15) is 0 Å². The van der Waals surface area contributed by atoms with E-state index >= 15 is 0 Å². The Labute approximate surface area is 176 Å². The second kappa shape index (κ2) is 5.50. The Morgan fingerprint density at radius 1 is 0.375 bits per heavy atom. The summed E-state index contributed by atoms with van der Waals surface area (Å²) < 4.78 is 0. The predicted molar refractivity (Wildman–Crippen MR) is 119 cm³/mol. The molecule has 0 unspecified atom stereocenters. The van der Waals surface area contributed by atoms with Crippen LogP contribution >= 0.6 is 0 Å². The second-order valence-electron chi connectivity index (χ2n) is 7.81. The number of phenols is 6. The van der Waals surface area contributed by atoms with E-state index in [-0.39, 0.29) is 32.3 Å². The standard InChI is InChI=1S/C24H12O8/c25-13-1-7-9-5-17(29)24(32)22-12-4-16(28)14(26)2-8(12)10-6-18(30)23(31)21(20(10)19(9)22)11(7)3-15(13)27/h1-6,25-27,30-32H. The molecule has 0 saturated heterocycles. The zero-order chi connectivity index (χ0) is 22.6. The third kappa shape index (κ3) is 1.96. The topological polar surface area (TPSA) is 156 Å². The molecule has 6 N–H and O–H groups in total. The van der Waals surface area contributed by atoms with Gasteiger partial charge in [-0.05, 0) is 68.7 Å². The third-order valence-electron chi connectivity index (χ3n) is 6.13. The molecule has 32 heavy (non-hydrogen) atoms. The van der Waals surface area contributed by atoms with Crippen LogP contribution in [0.4, 0.5) is 0 Å². The van der Waals surface area contributed by atoms with Gasteiger partial charge in [0, 0.05) is 21.5 Å². The quantitative estimate of drug-likeness (QED) is 0.122. The summed E-state index contributed by atoms with van der Waals surface area (Å²) in [6.45, 7) is 0. The summed E-state index contributed by atoms with van der Waals surface area (Å²) in [5.41, 5.74) is -1.46. The van der Waals surface area contributed by atoms with E-state index < -0.39 is 45.4 Å². The number of aromatic hydroxyl groups is 6. The molecule has 0 aliphatic heterocycles. The Morgan fingerprint density at radius 3 is 1.44 bits per heavy atom. The molecular weight excluding hydrogens is 416 g/mol. The van der Waals surface area contributed by atoms with Gasteiger partial charge in [-0.2, -0.15) is 0 Å². The first-order valence-electron chi connectivity index (χ1n) is 9.46. The molecule has 6 aromatic rings. The largest absolute Gasteiger partial charge is 0.504 e. The molecule has 0 aromatic heterocycles. The smallest absolute Gasteiger partial charge is 0.221 e. The van der Waals surface area contributed by atoms with Crippen molar-refractivity contribution in [2.75, 3.05) is 0 Å². The summed E-state index contributed by atoms with van der Waals surface area (Å²) in [6, 6.07) is 7.12. The highest BCUT2D eigenvalue weighted by Gasteiger charge is 2.25. The van der Waals surface area contributed by atoms with Gasteiger partial charge in [-0.25, -0.2) is 0 Å². The van der Waals surface area contributed by atoms with E-state index in [0.717, 1.165) is 6.07 Å². The molecule has 8 nitrogen and oxygen atoms in total. The molecule has 0 bridgehead atoms. The first-order valence-corrected chi connectivity index (χ1v) is 9.46. The zero-order valence-corrected chi connectivity index (χ0v) is 16.0. The lowest BCUT2D eigenvalue weighted by molar-refractivity contribution is 0.404. The zero-order valence-electron chi connectivity index (χ0n) is 16.0. The number of rotatable bonds is 0. The van der Waals surface area contributed by atoms with Gasteiger partial charge < -0.3 is 30.6 Å². The Balaban J connectivity index is 2.17. The summed E-state index contributed by atoms with van der Waals surface area (Å²) in [7, 11) is 0. The molecule has 0 heterocycles. The first kappa shape index (κ1) is 18.1. The lowest BCUT2D eigenvalue weighted by Crippen LogP contribution is -2.03. The normalized spacial score (nSPS) is 12.1. The second-order valence-corrected chi connectivity index (χ2v) is 7.81. The average Bonchev–Trinajstić information content (AvgIpc) is 2.74. The minimum atomic E-state index is -0.737. The lowest BCUT2D eigenvalue weighted by atomic mass is 9.85. The monoisotopic (exact) mass is 428 g/mol. The van der Waals surface area contributed by atoms with Gasteiger partial charge in [-0.15, -0.1) is 0 Å². The van der Waals surface area contributed by atoms with Crippen LogP contribution in [-0.2, 0) is 0 Å². The highest BCUT2D eigenvalue weighted by atomic mass is 16.3. The number of benzene rings is 6. The van der Waals surface area contributed by atoms with Crippen LogP contribution in [0.15, 0.2) is 46.0 Å². The maximum Gasteiger partial charge on any atom is 0.221 e. The van der Waals surface area contributed by atoms with Crippen LogP contribution < -0.4 is 10.9 Å². The van der Waals surface area contributed by atoms with Crippen LogP contribution in [0.3, 0.4) is 0 Å². The van der Waals surface area contributed by atoms with Crippen LogP contribution in [0.5, 0.6) is 34.5 Å². The summed E-state index contributed by atoms with van der Waals surface area (Å²) in [6.07, 6.45) is 0. The van der Waals surface area contributed by atoms with Crippen molar-refractivity contribution in [2.24, 2.45) is 0 Å². The fraction of sp³-hybridized carbons (Fsp3) is 0. The molecule has 0 fully saturated rings. The van der Waals surface area contributed by atoms with E-state index in [0.29, 0.717) is 21.5 Å². The van der Waals surface area contributed by atoms with Crippen molar-refractivity contribution in [3.05, 3.63) is 56.8 Å². The van der Waals surface area contributed by atoms with Crippen molar-refractivity contribution in [2.45, 2.75) is 0 Å². The Hall–Kier alpha value is -4.72. The van der Waals surface area contributed by atoms with E-state index in [1.165, 1.54) is 30.3 Å². The van der Waals surface area contributed by atoms with Crippen molar-refractivity contribution in [1.29, 1.82) is 0 Å². The van der Waals surface area contributed by atoms with Crippen LogP contribution in [0, 0.1) is 0 Å².